The van der Waals surface area contributed by atoms with E-state index in [0.717, 1.165) is 5.56 Å². The number of carbonyl (C=O) groups excluding carboxylic acids is 3. The van der Waals surface area contributed by atoms with Crippen molar-refractivity contribution in [2.45, 2.75) is 36.9 Å². The van der Waals surface area contributed by atoms with Gasteiger partial charge < -0.3 is 26.6 Å². The standard InChI is InChI=1S/C20H25N3O5/c1-28-18(25)16(12-14-7-9-20(27,10-8-14)19(22)26)23-17(24)15(21)11-13-5-3-2-4-6-13/h2-9,15-16,27H,10-12,21H2,1H3,(H2,22,26)(H,23,24)/t15-,16-,20?/m0/s1. The van der Waals surface area contributed by atoms with Crippen LogP contribution in [-0.4, -0.2) is 47.7 Å². The lowest BCUT2D eigenvalue weighted by atomic mass is 9.89. The number of amides is 2. The molecule has 0 radical (unpaired) electrons. The Bertz CT molecular complexity index is 790. The molecule has 0 saturated carbocycles. The van der Waals surface area contributed by atoms with Gasteiger partial charge >= 0.3 is 5.97 Å². The number of nitrogens with two attached hydrogens (primary N) is 2. The second-order valence-electron chi connectivity index (χ2n) is 6.69. The number of allylic oxidation sites excluding steroid dienone is 1. The van der Waals surface area contributed by atoms with Crippen molar-refractivity contribution in [3.63, 3.8) is 0 Å². The molecule has 8 nitrogen and oxygen atoms in total. The molecule has 0 bridgehead atoms. The molecule has 0 spiro atoms. The molecule has 0 aromatic heterocycles. The Balaban J connectivity index is 2.01. The summed E-state index contributed by atoms with van der Waals surface area (Å²) in [6, 6.07) is 7.52. The van der Waals surface area contributed by atoms with Crippen LogP contribution in [0.15, 0.2) is 54.1 Å². The average molecular weight is 387 g/mol. The first-order chi connectivity index (χ1) is 13.2. The molecule has 1 aromatic carbocycles. The van der Waals surface area contributed by atoms with Crippen molar-refractivity contribution < 1.29 is 24.2 Å². The highest BCUT2D eigenvalue weighted by molar-refractivity contribution is 5.88. The Morgan fingerprint density at radius 3 is 2.46 bits per heavy atom. The van der Waals surface area contributed by atoms with Gasteiger partial charge in [-0.25, -0.2) is 4.79 Å². The van der Waals surface area contributed by atoms with Gasteiger partial charge in [0.1, 0.15) is 6.04 Å². The molecule has 0 aliphatic heterocycles. The zero-order chi connectivity index (χ0) is 20.7. The molecule has 0 fully saturated rings. The van der Waals surface area contributed by atoms with Gasteiger partial charge in [0.05, 0.1) is 13.2 Å². The highest BCUT2D eigenvalue weighted by Gasteiger charge is 2.33. The normalized spacial score (nSPS) is 20.6. The minimum absolute atomic E-state index is 0.0104. The number of methoxy groups -OCH3 is 1. The van der Waals surface area contributed by atoms with Crippen molar-refractivity contribution in [2.24, 2.45) is 11.5 Å². The highest BCUT2D eigenvalue weighted by Crippen LogP contribution is 2.23. The molecule has 6 N–H and O–H groups in total. The third-order valence-corrected chi connectivity index (χ3v) is 4.55. The summed E-state index contributed by atoms with van der Waals surface area (Å²) in [5, 5.41) is 12.6. The van der Waals surface area contributed by atoms with Gasteiger partial charge in [-0.3, -0.25) is 9.59 Å². The van der Waals surface area contributed by atoms with Gasteiger partial charge in [0, 0.05) is 12.8 Å². The Labute approximate surface area is 163 Å². The third kappa shape index (κ3) is 5.51. The first-order valence-electron chi connectivity index (χ1n) is 8.83. The number of esters is 1. The summed E-state index contributed by atoms with van der Waals surface area (Å²) in [7, 11) is 1.22. The van der Waals surface area contributed by atoms with E-state index in [9.17, 15) is 19.5 Å². The van der Waals surface area contributed by atoms with E-state index >= 15 is 0 Å². The van der Waals surface area contributed by atoms with Crippen LogP contribution in [0.2, 0.25) is 0 Å². The van der Waals surface area contributed by atoms with E-state index in [-0.39, 0.29) is 12.8 Å². The molecule has 1 aliphatic rings. The Morgan fingerprint density at radius 1 is 1.25 bits per heavy atom. The fraction of sp³-hybridized carbons (Fsp3) is 0.350. The molecule has 1 aromatic rings. The number of rotatable bonds is 8. The Hall–Kier alpha value is -2.97. The summed E-state index contributed by atoms with van der Waals surface area (Å²) < 4.78 is 4.76. The van der Waals surface area contributed by atoms with E-state index < -0.39 is 35.5 Å². The van der Waals surface area contributed by atoms with Gasteiger partial charge in [0.25, 0.3) is 5.91 Å². The molecule has 8 heteroatoms. The van der Waals surface area contributed by atoms with E-state index in [1.165, 1.54) is 19.3 Å². The summed E-state index contributed by atoms with van der Waals surface area (Å²) >= 11 is 0. The minimum atomic E-state index is -1.74. The lowest BCUT2D eigenvalue weighted by Crippen LogP contribution is -2.49. The van der Waals surface area contributed by atoms with Crippen LogP contribution < -0.4 is 16.8 Å². The van der Waals surface area contributed by atoms with Crippen LogP contribution in [-0.2, 0) is 25.5 Å². The molecular formula is C20H25N3O5. The molecule has 1 unspecified atom stereocenters. The zero-order valence-corrected chi connectivity index (χ0v) is 15.6. The van der Waals surface area contributed by atoms with Crippen molar-refractivity contribution in [3.8, 4) is 0 Å². The Morgan fingerprint density at radius 2 is 1.93 bits per heavy atom. The van der Waals surface area contributed by atoms with E-state index in [1.54, 1.807) is 6.08 Å². The number of hydrogen-bond acceptors (Lipinski definition) is 6. The summed E-state index contributed by atoms with van der Waals surface area (Å²) in [6.45, 7) is 0. The molecule has 28 heavy (non-hydrogen) atoms. The average Bonchev–Trinajstić information content (AvgIpc) is 2.69. The first kappa shape index (κ1) is 21.3. The predicted octanol–water partition coefficient (Wildman–Crippen LogP) is -0.293. The van der Waals surface area contributed by atoms with Crippen LogP contribution in [0.3, 0.4) is 0 Å². The van der Waals surface area contributed by atoms with Gasteiger partial charge in [-0.15, -0.1) is 0 Å². The molecule has 1 aliphatic carbocycles. The molecule has 2 rings (SSSR count). The van der Waals surface area contributed by atoms with Crippen LogP contribution in [0.25, 0.3) is 0 Å². The maximum Gasteiger partial charge on any atom is 0.328 e. The largest absolute Gasteiger partial charge is 0.467 e. The molecule has 0 saturated heterocycles. The SMILES string of the molecule is COC(=O)[C@H](CC1=CCC(O)(C(N)=O)C=C1)NC(=O)[C@@H](N)Cc1ccccc1. The summed E-state index contributed by atoms with van der Waals surface area (Å²) in [5.41, 5.74) is 10.9. The summed E-state index contributed by atoms with van der Waals surface area (Å²) in [6.07, 6.45) is 4.82. The van der Waals surface area contributed by atoms with E-state index in [1.807, 2.05) is 30.3 Å². The molecule has 3 atom stereocenters. The predicted molar refractivity (Wildman–Crippen MR) is 103 cm³/mol. The number of hydrogen-bond donors (Lipinski definition) is 4. The maximum atomic E-state index is 12.4. The monoisotopic (exact) mass is 387 g/mol. The van der Waals surface area contributed by atoms with Crippen molar-refractivity contribution in [1.29, 1.82) is 0 Å². The molecule has 2 amide bonds. The van der Waals surface area contributed by atoms with Crippen LogP contribution in [0, 0.1) is 0 Å². The number of aliphatic hydroxyl groups is 1. The lowest BCUT2D eigenvalue weighted by Gasteiger charge is -2.25. The fourth-order valence-corrected chi connectivity index (χ4v) is 2.81. The van der Waals surface area contributed by atoms with E-state index in [0.29, 0.717) is 12.0 Å². The van der Waals surface area contributed by atoms with Gasteiger partial charge in [-0.05, 0) is 23.6 Å². The number of ether oxygens (including phenoxy) is 1. The van der Waals surface area contributed by atoms with Crippen LogP contribution in [0.5, 0.6) is 0 Å². The van der Waals surface area contributed by atoms with Gasteiger partial charge in [-0.1, -0.05) is 42.5 Å². The van der Waals surface area contributed by atoms with Crippen molar-refractivity contribution in [3.05, 3.63) is 59.7 Å². The second kappa shape index (κ2) is 9.29. The lowest BCUT2D eigenvalue weighted by molar-refractivity contribution is -0.145. The first-order valence-corrected chi connectivity index (χ1v) is 8.83. The number of carbonyl (C=O) groups is 3. The number of benzene rings is 1. The van der Waals surface area contributed by atoms with Gasteiger partial charge in [-0.2, -0.15) is 0 Å². The Kier molecular flexibility index (Phi) is 7.08. The molecule has 150 valence electrons. The minimum Gasteiger partial charge on any atom is -0.467 e. The van der Waals surface area contributed by atoms with Crippen LogP contribution in [0.4, 0.5) is 0 Å². The summed E-state index contributed by atoms with van der Waals surface area (Å²) in [5.74, 6) is -1.96. The number of primary amides is 1. The van der Waals surface area contributed by atoms with Crippen LogP contribution >= 0.6 is 0 Å². The van der Waals surface area contributed by atoms with Crippen LogP contribution in [0.1, 0.15) is 18.4 Å². The van der Waals surface area contributed by atoms with E-state index in [2.05, 4.69) is 5.32 Å². The summed E-state index contributed by atoms with van der Waals surface area (Å²) in [4.78, 5) is 35.8. The van der Waals surface area contributed by atoms with Gasteiger partial charge in [0.15, 0.2) is 5.60 Å². The van der Waals surface area contributed by atoms with Crippen molar-refractivity contribution in [2.75, 3.05) is 7.11 Å². The fourth-order valence-electron chi connectivity index (χ4n) is 2.81. The maximum absolute atomic E-state index is 12.4. The molecule has 0 heterocycles. The van der Waals surface area contributed by atoms with Crippen molar-refractivity contribution in [1.82, 2.24) is 5.32 Å². The van der Waals surface area contributed by atoms with Gasteiger partial charge in [0.2, 0.25) is 5.91 Å². The zero-order valence-electron chi connectivity index (χ0n) is 15.6. The third-order valence-electron chi connectivity index (χ3n) is 4.55. The van der Waals surface area contributed by atoms with E-state index in [4.69, 9.17) is 16.2 Å². The molecular weight excluding hydrogens is 362 g/mol. The number of nitrogens with one attached hydrogen (secondary N) is 1. The highest BCUT2D eigenvalue weighted by atomic mass is 16.5. The van der Waals surface area contributed by atoms with Crippen molar-refractivity contribution >= 4 is 17.8 Å². The smallest absolute Gasteiger partial charge is 0.328 e. The second-order valence-corrected chi connectivity index (χ2v) is 6.69. The topological polar surface area (TPSA) is 145 Å². The quantitative estimate of drug-likeness (QED) is 0.451.